The van der Waals surface area contributed by atoms with E-state index in [2.05, 4.69) is 180 Å². The Morgan fingerprint density at radius 2 is 0.857 bits per heavy atom. The first-order valence-corrected chi connectivity index (χ1v) is 18.8. The van der Waals surface area contributed by atoms with E-state index in [-0.39, 0.29) is 0 Å². The average molecular weight is 717 g/mol. The number of hydrogen-bond donors (Lipinski definition) is 0. The van der Waals surface area contributed by atoms with Crippen molar-refractivity contribution in [1.29, 1.82) is 0 Å². The highest BCUT2D eigenvalue weighted by atomic mass is 16.3. The molecule has 0 saturated carbocycles. The highest BCUT2D eigenvalue weighted by Crippen LogP contribution is 2.42. The van der Waals surface area contributed by atoms with Crippen LogP contribution in [0.4, 0.5) is 0 Å². The second-order valence-corrected chi connectivity index (χ2v) is 14.0. The van der Waals surface area contributed by atoms with Crippen LogP contribution in [0.5, 0.6) is 0 Å². The van der Waals surface area contributed by atoms with Gasteiger partial charge in [0.05, 0.1) is 16.6 Å². The van der Waals surface area contributed by atoms with Gasteiger partial charge in [-0.05, 0) is 58.7 Å². The Bertz CT molecular complexity index is 3220. The number of nitrogens with zero attached hydrogens (tertiary/aromatic N) is 4. The van der Waals surface area contributed by atoms with Crippen molar-refractivity contribution in [2.45, 2.75) is 0 Å². The Morgan fingerprint density at radius 1 is 0.339 bits per heavy atom. The van der Waals surface area contributed by atoms with Gasteiger partial charge in [0, 0.05) is 38.4 Å². The summed E-state index contributed by atoms with van der Waals surface area (Å²) in [6.07, 6.45) is 0. The molecule has 0 amide bonds. The van der Waals surface area contributed by atoms with Crippen molar-refractivity contribution in [2.24, 2.45) is 0 Å². The molecule has 0 aliphatic carbocycles. The van der Waals surface area contributed by atoms with Gasteiger partial charge in [-0.3, -0.25) is 0 Å². The molecule has 56 heavy (non-hydrogen) atoms. The highest BCUT2D eigenvalue weighted by Gasteiger charge is 2.22. The average Bonchev–Trinajstić information content (AvgIpc) is 3.84. The van der Waals surface area contributed by atoms with Gasteiger partial charge in [-0.15, -0.1) is 0 Å². The monoisotopic (exact) mass is 716 g/mol. The fourth-order valence-electron chi connectivity index (χ4n) is 7.99. The summed E-state index contributed by atoms with van der Waals surface area (Å²) in [6, 6.07) is 67.3. The van der Waals surface area contributed by atoms with Crippen molar-refractivity contribution in [3.8, 4) is 62.1 Å². The van der Waals surface area contributed by atoms with Gasteiger partial charge in [-0.25, -0.2) is 15.0 Å². The van der Waals surface area contributed by atoms with Crippen molar-refractivity contribution in [3.63, 3.8) is 0 Å². The van der Waals surface area contributed by atoms with Crippen LogP contribution in [0.3, 0.4) is 0 Å². The lowest BCUT2D eigenvalue weighted by Crippen LogP contribution is -2.00. The molecule has 11 rings (SSSR count). The van der Waals surface area contributed by atoms with E-state index in [4.69, 9.17) is 19.4 Å². The molecule has 0 unspecified atom stereocenters. The third-order valence-electron chi connectivity index (χ3n) is 10.7. The molecule has 5 nitrogen and oxygen atoms in total. The molecule has 8 aromatic carbocycles. The van der Waals surface area contributed by atoms with Crippen LogP contribution in [0.1, 0.15) is 0 Å². The Labute approximate surface area is 322 Å². The van der Waals surface area contributed by atoms with E-state index in [9.17, 15) is 0 Å². The fourth-order valence-corrected chi connectivity index (χ4v) is 7.99. The maximum atomic E-state index is 7.05. The lowest BCUT2D eigenvalue weighted by molar-refractivity contribution is 0.671. The van der Waals surface area contributed by atoms with Crippen molar-refractivity contribution in [1.82, 2.24) is 19.5 Å². The smallest absolute Gasteiger partial charge is 0.167 e. The van der Waals surface area contributed by atoms with E-state index < -0.39 is 0 Å². The summed E-state index contributed by atoms with van der Waals surface area (Å²) < 4.78 is 9.37. The van der Waals surface area contributed by atoms with Gasteiger partial charge in [-0.2, -0.15) is 0 Å². The fraction of sp³-hybridized carbons (Fsp3) is 0. The first-order valence-electron chi connectivity index (χ1n) is 18.8. The van der Waals surface area contributed by atoms with Gasteiger partial charge in [0.2, 0.25) is 0 Å². The first kappa shape index (κ1) is 31.9. The highest BCUT2D eigenvalue weighted by molar-refractivity contribution is 6.22. The van der Waals surface area contributed by atoms with E-state index in [1.54, 1.807) is 0 Å². The molecule has 262 valence electrons. The van der Waals surface area contributed by atoms with Crippen molar-refractivity contribution < 1.29 is 4.42 Å². The van der Waals surface area contributed by atoms with Crippen LogP contribution in [-0.4, -0.2) is 19.5 Å². The van der Waals surface area contributed by atoms with Crippen LogP contribution in [0.2, 0.25) is 0 Å². The molecule has 0 bridgehead atoms. The molecule has 0 spiro atoms. The summed E-state index contributed by atoms with van der Waals surface area (Å²) in [6.45, 7) is 0. The summed E-state index contributed by atoms with van der Waals surface area (Å²) in [7, 11) is 0. The number of furan rings is 1. The maximum Gasteiger partial charge on any atom is 0.167 e. The Kier molecular flexibility index (Phi) is 7.42. The van der Waals surface area contributed by atoms with Crippen LogP contribution in [-0.2, 0) is 0 Å². The zero-order valence-electron chi connectivity index (χ0n) is 30.2. The van der Waals surface area contributed by atoms with Gasteiger partial charge in [0.1, 0.15) is 5.58 Å². The largest absolute Gasteiger partial charge is 0.453 e. The number of rotatable bonds is 6. The van der Waals surface area contributed by atoms with Crippen molar-refractivity contribution in [3.05, 3.63) is 194 Å². The third kappa shape index (κ3) is 5.29. The molecular weight excluding hydrogens is 685 g/mol. The van der Waals surface area contributed by atoms with Gasteiger partial charge >= 0.3 is 0 Å². The summed E-state index contributed by atoms with van der Waals surface area (Å²) in [5.74, 6) is 1.73. The second kappa shape index (κ2) is 13.0. The minimum atomic E-state index is 0.548. The van der Waals surface area contributed by atoms with E-state index in [0.717, 1.165) is 83.0 Å². The van der Waals surface area contributed by atoms with Crippen molar-refractivity contribution >= 4 is 43.7 Å². The standard InChI is InChI=1S/C51H32N4O/c1-4-14-33(15-5-1)35-26-28-36(29-27-35)49-52-50(38-19-12-18-37(32-38)34-16-6-2-7-17-34)54-51(53-49)44-24-13-23-42-43-31-30-41-40-22-10-11-25-45(40)55(39-20-8-3-9-21-39)46(41)48(43)56-47(42)44/h1-32H. The summed E-state index contributed by atoms with van der Waals surface area (Å²) in [5, 5.41) is 4.36. The second-order valence-electron chi connectivity index (χ2n) is 14.0. The Morgan fingerprint density at radius 3 is 1.62 bits per heavy atom. The topological polar surface area (TPSA) is 56.7 Å². The quantitative estimate of drug-likeness (QED) is 0.172. The summed E-state index contributed by atoms with van der Waals surface area (Å²) in [4.78, 5) is 15.5. The van der Waals surface area contributed by atoms with Gasteiger partial charge in [0.25, 0.3) is 0 Å². The van der Waals surface area contributed by atoms with Crippen LogP contribution >= 0.6 is 0 Å². The molecule has 0 aliphatic heterocycles. The number of benzene rings is 8. The molecule has 3 aromatic heterocycles. The lowest BCUT2D eigenvalue weighted by atomic mass is 10.0. The lowest BCUT2D eigenvalue weighted by Gasteiger charge is -2.10. The maximum absolute atomic E-state index is 7.05. The molecule has 0 N–H and O–H groups in total. The van der Waals surface area contributed by atoms with Gasteiger partial charge in [0.15, 0.2) is 23.1 Å². The minimum absolute atomic E-state index is 0.548. The Balaban J connectivity index is 1.14. The molecule has 0 atom stereocenters. The first-order chi connectivity index (χ1) is 27.8. The van der Waals surface area contributed by atoms with Gasteiger partial charge < -0.3 is 8.98 Å². The number of hydrogen-bond acceptors (Lipinski definition) is 4. The predicted molar refractivity (Wildman–Crippen MR) is 229 cm³/mol. The molecule has 0 radical (unpaired) electrons. The number of aromatic nitrogens is 4. The predicted octanol–water partition coefficient (Wildman–Crippen LogP) is 13.2. The molecule has 3 heterocycles. The van der Waals surface area contributed by atoms with E-state index in [1.807, 2.05) is 18.2 Å². The van der Waals surface area contributed by atoms with Crippen LogP contribution < -0.4 is 0 Å². The van der Waals surface area contributed by atoms with Crippen molar-refractivity contribution in [2.75, 3.05) is 0 Å². The normalized spacial score (nSPS) is 11.6. The summed E-state index contributed by atoms with van der Waals surface area (Å²) >= 11 is 0. The molecular formula is C51H32N4O. The molecule has 11 aromatic rings. The van der Waals surface area contributed by atoms with Gasteiger partial charge in [-0.1, -0.05) is 158 Å². The SMILES string of the molecule is c1ccc(-c2ccc(-c3nc(-c4cccc(-c5ccccc5)c4)nc(-c4cccc5c4oc4c5ccc5c6ccccc6n(-c6ccccc6)c54)n3)cc2)cc1. The molecule has 0 fully saturated rings. The summed E-state index contributed by atoms with van der Waals surface area (Å²) in [5.41, 5.74) is 11.9. The molecule has 5 heteroatoms. The van der Waals surface area contributed by atoms with Crippen LogP contribution in [0.15, 0.2) is 199 Å². The Hall–Kier alpha value is -7.63. The van der Waals surface area contributed by atoms with Crippen LogP contribution in [0.25, 0.3) is 106 Å². The van der Waals surface area contributed by atoms with E-state index >= 15 is 0 Å². The third-order valence-corrected chi connectivity index (χ3v) is 10.7. The number of fused-ring (bicyclic) bond motifs is 7. The molecule has 0 aliphatic rings. The van der Waals surface area contributed by atoms with E-state index in [0.29, 0.717) is 17.5 Å². The van der Waals surface area contributed by atoms with Crippen LogP contribution in [0, 0.1) is 0 Å². The zero-order valence-corrected chi connectivity index (χ0v) is 30.2. The minimum Gasteiger partial charge on any atom is -0.453 e. The molecule has 0 saturated heterocycles. The van der Waals surface area contributed by atoms with E-state index in [1.165, 1.54) is 5.39 Å². The zero-order chi connectivity index (χ0) is 37.0. The number of para-hydroxylation sites is 3.